The summed E-state index contributed by atoms with van der Waals surface area (Å²) < 4.78 is 5.38. The van der Waals surface area contributed by atoms with Crippen molar-refractivity contribution in [3.63, 3.8) is 0 Å². The van der Waals surface area contributed by atoms with Crippen LogP contribution in [0.15, 0.2) is 40.9 Å². The number of guanidine groups is 1. The van der Waals surface area contributed by atoms with E-state index in [1.54, 1.807) is 0 Å². The highest BCUT2D eigenvalue weighted by molar-refractivity contribution is 5.80. The van der Waals surface area contributed by atoms with E-state index in [4.69, 9.17) is 9.73 Å². The van der Waals surface area contributed by atoms with E-state index in [-0.39, 0.29) is 0 Å². The van der Waals surface area contributed by atoms with Gasteiger partial charge in [-0.3, -0.25) is 4.99 Å². The summed E-state index contributed by atoms with van der Waals surface area (Å²) in [6.45, 7) is 9.54. The van der Waals surface area contributed by atoms with Crippen molar-refractivity contribution in [1.29, 1.82) is 0 Å². The molecule has 0 saturated carbocycles. The van der Waals surface area contributed by atoms with Crippen molar-refractivity contribution >= 4 is 12.0 Å². The first-order valence-corrected chi connectivity index (χ1v) is 9.19. The van der Waals surface area contributed by atoms with Crippen LogP contribution in [0.5, 0.6) is 0 Å². The van der Waals surface area contributed by atoms with Gasteiger partial charge < -0.3 is 15.0 Å². The highest BCUT2D eigenvalue weighted by Gasteiger charge is 2.16. The molecular weight excluding hydrogens is 298 g/mol. The summed E-state index contributed by atoms with van der Waals surface area (Å²) in [5.74, 6) is 1.05. The molecule has 132 valence electrons. The third-order valence-electron chi connectivity index (χ3n) is 4.12. The summed E-state index contributed by atoms with van der Waals surface area (Å²) >= 11 is 0. The number of aliphatic imine (C=N–C) groups is 1. The summed E-state index contributed by atoms with van der Waals surface area (Å²) in [6.07, 6.45) is 5.54. The molecule has 0 aromatic heterocycles. The van der Waals surface area contributed by atoms with Gasteiger partial charge in [-0.05, 0) is 38.7 Å². The van der Waals surface area contributed by atoms with Gasteiger partial charge in [-0.15, -0.1) is 0 Å². The van der Waals surface area contributed by atoms with Gasteiger partial charge in [-0.2, -0.15) is 0 Å². The quantitative estimate of drug-likeness (QED) is 0.472. The molecule has 1 N–H and O–H groups in total. The van der Waals surface area contributed by atoms with Gasteiger partial charge >= 0.3 is 0 Å². The lowest BCUT2D eigenvalue weighted by molar-refractivity contribution is 0.146. The monoisotopic (exact) mass is 329 g/mol. The Bertz CT molecular complexity index is 515. The molecule has 0 unspecified atom stereocenters. The summed E-state index contributed by atoms with van der Waals surface area (Å²) in [5, 5.41) is 3.42. The van der Waals surface area contributed by atoms with E-state index in [0.717, 1.165) is 64.6 Å². The fourth-order valence-electron chi connectivity index (χ4n) is 2.86. The zero-order chi connectivity index (χ0) is 17.0. The molecule has 1 fully saturated rings. The highest BCUT2D eigenvalue weighted by Crippen LogP contribution is 2.19. The number of rotatable bonds is 7. The minimum atomic E-state index is 0.784. The smallest absolute Gasteiger partial charge is 0.193 e. The van der Waals surface area contributed by atoms with E-state index >= 15 is 0 Å². The molecule has 0 bridgehead atoms. The van der Waals surface area contributed by atoms with Crippen LogP contribution in [0.2, 0.25) is 0 Å². The van der Waals surface area contributed by atoms with Gasteiger partial charge in [0.2, 0.25) is 0 Å². The van der Waals surface area contributed by atoms with Gasteiger partial charge in [-0.1, -0.05) is 42.0 Å². The third kappa shape index (κ3) is 6.36. The van der Waals surface area contributed by atoms with Crippen LogP contribution in [-0.4, -0.2) is 50.3 Å². The third-order valence-corrected chi connectivity index (χ3v) is 4.12. The molecule has 1 aliphatic heterocycles. The minimum Gasteiger partial charge on any atom is -0.382 e. The maximum Gasteiger partial charge on any atom is 0.193 e. The zero-order valence-corrected chi connectivity index (χ0v) is 15.1. The van der Waals surface area contributed by atoms with E-state index in [1.807, 2.05) is 6.92 Å². The van der Waals surface area contributed by atoms with Crippen LogP contribution in [-0.2, 0) is 4.74 Å². The van der Waals surface area contributed by atoms with Crippen LogP contribution in [0.3, 0.4) is 0 Å². The van der Waals surface area contributed by atoms with Crippen molar-refractivity contribution in [2.75, 3.05) is 39.4 Å². The Morgan fingerprint density at radius 1 is 1.21 bits per heavy atom. The average molecular weight is 329 g/mol. The second-order valence-corrected chi connectivity index (χ2v) is 5.99. The summed E-state index contributed by atoms with van der Waals surface area (Å²) in [6, 6.07) is 10.6. The topological polar surface area (TPSA) is 36.9 Å². The lowest BCUT2D eigenvalue weighted by Crippen LogP contribution is -2.44. The predicted octanol–water partition coefficient (Wildman–Crippen LogP) is 3.56. The van der Waals surface area contributed by atoms with Gasteiger partial charge in [-0.25, -0.2) is 0 Å². The van der Waals surface area contributed by atoms with Crippen molar-refractivity contribution < 1.29 is 4.74 Å². The molecule has 0 radical (unpaired) electrons. The molecule has 0 aliphatic carbocycles. The summed E-state index contributed by atoms with van der Waals surface area (Å²) in [5.41, 5.74) is 2.84. The standard InChI is InChI=1S/C20H31N3O/c1-3-21-20(22-13-8-16-24-4-2)23-14-11-19(12-15-23)17-18-9-6-5-7-10-18/h5-7,9-10,17H,3-4,8,11-16H2,1-2H3,(H,21,22). The number of hydrogen-bond donors (Lipinski definition) is 1. The fraction of sp³-hybridized carbons (Fsp3) is 0.550. The first-order chi connectivity index (χ1) is 11.8. The molecule has 2 rings (SSSR count). The molecular formula is C20H31N3O. The summed E-state index contributed by atoms with van der Waals surface area (Å²) in [4.78, 5) is 7.13. The Morgan fingerprint density at radius 2 is 1.96 bits per heavy atom. The number of nitrogens with zero attached hydrogens (tertiary/aromatic N) is 2. The van der Waals surface area contributed by atoms with Crippen molar-refractivity contribution in [3.8, 4) is 0 Å². The maximum atomic E-state index is 5.38. The van der Waals surface area contributed by atoms with Crippen LogP contribution >= 0.6 is 0 Å². The van der Waals surface area contributed by atoms with Crippen LogP contribution in [0, 0.1) is 0 Å². The lowest BCUT2D eigenvalue weighted by Gasteiger charge is -2.31. The predicted molar refractivity (Wildman–Crippen MR) is 102 cm³/mol. The molecule has 0 atom stereocenters. The molecule has 4 heteroatoms. The van der Waals surface area contributed by atoms with Crippen LogP contribution in [0.1, 0.15) is 38.7 Å². The molecule has 1 aliphatic rings. The van der Waals surface area contributed by atoms with E-state index in [0.29, 0.717) is 0 Å². The Kier molecular flexibility index (Phi) is 8.39. The highest BCUT2D eigenvalue weighted by atomic mass is 16.5. The average Bonchev–Trinajstić information content (AvgIpc) is 2.62. The number of benzene rings is 1. The number of likely N-dealkylation sites (tertiary alicyclic amines) is 1. The number of nitrogens with one attached hydrogen (secondary N) is 1. The maximum absolute atomic E-state index is 5.38. The van der Waals surface area contributed by atoms with Gasteiger partial charge in [0.15, 0.2) is 5.96 Å². The second kappa shape index (κ2) is 10.9. The number of hydrogen-bond acceptors (Lipinski definition) is 2. The van der Waals surface area contributed by atoms with E-state index in [2.05, 4.69) is 53.5 Å². The normalized spacial score (nSPS) is 15.5. The first kappa shape index (κ1) is 18.5. The van der Waals surface area contributed by atoms with Gasteiger partial charge in [0.25, 0.3) is 0 Å². The van der Waals surface area contributed by atoms with Crippen LogP contribution < -0.4 is 5.32 Å². The van der Waals surface area contributed by atoms with Gasteiger partial charge in [0.1, 0.15) is 0 Å². The zero-order valence-electron chi connectivity index (χ0n) is 15.1. The summed E-state index contributed by atoms with van der Waals surface area (Å²) in [7, 11) is 0. The van der Waals surface area contributed by atoms with Crippen molar-refractivity contribution in [2.24, 2.45) is 4.99 Å². The van der Waals surface area contributed by atoms with Gasteiger partial charge in [0.05, 0.1) is 0 Å². The molecule has 1 aromatic carbocycles. The molecule has 1 saturated heterocycles. The van der Waals surface area contributed by atoms with E-state index in [1.165, 1.54) is 11.1 Å². The SMILES string of the molecule is CCNC(=NCCCOCC)N1CCC(=Cc2ccccc2)CC1. The fourth-order valence-corrected chi connectivity index (χ4v) is 2.86. The minimum absolute atomic E-state index is 0.784. The molecule has 0 amide bonds. The largest absolute Gasteiger partial charge is 0.382 e. The lowest BCUT2D eigenvalue weighted by atomic mass is 10.0. The van der Waals surface area contributed by atoms with Gasteiger partial charge in [0, 0.05) is 39.4 Å². The van der Waals surface area contributed by atoms with Crippen LogP contribution in [0.25, 0.3) is 6.08 Å². The second-order valence-electron chi connectivity index (χ2n) is 5.99. The van der Waals surface area contributed by atoms with Crippen molar-refractivity contribution in [2.45, 2.75) is 33.1 Å². The number of piperidine rings is 1. The van der Waals surface area contributed by atoms with E-state index in [9.17, 15) is 0 Å². The molecule has 1 aromatic rings. The van der Waals surface area contributed by atoms with Crippen molar-refractivity contribution in [1.82, 2.24) is 10.2 Å². The molecule has 0 spiro atoms. The molecule has 1 heterocycles. The Morgan fingerprint density at radius 3 is 2.62 bits per heavy atom. The van der Waals surface area contributed by atoms with E-state index < -0.39 is 0 Å². The Hall–Kier alpha value is -1.81. The van der Waals surface area contributed by atoms with Crippen LogP contribution in [0.4, 0.5) is 0 Å². The molecule has 4 nitrogen and oxygen atoms in total. The number of ether oxygens (including phenoxy) is 1. The Labute approximate surface area is 146 Å². The molecule has 24 heavy (non-hydrogen) atoms. The first-order valence-electron chi connectivity index (χ1n) is 9.19. The van der Waals surface area contributed by atoms with Crippen molar-refractivity contribution in [3.05, 3.63) is 41.5 Å². The Balaban J connectivity index is 1.85.